The molecule has 0 aliphatic carbocycles. The number of carbonyl (C=O) groups is 1. The summed E-state index contributed by atoms with van der Waals surface area (Å²) in [6.07, 6.45) is -0.122. The summed E-state index contributed by atoms with van der Waals surface area (Å²) in [5.74, 6) is -0.342. The summed E-state index contributed by atoms with van der Waals surface area (Å²) in [6.45, 7) is 3.18. The van der Waals surface area contributed by atoms with Gasteiger partial charge in [0.05, 0.1) is 19.3 Å². The van der Waals surface area contributed by atoms with Crippen molar-refractivity contribution >= 4 is 5.91 Å². The Bertz CT molecular complexity index is 453. The van der Waals surface area contributed by atoms with Crippen LogP contribution in [0.1, 0.15) is 12.0 Å². The van der Waals surface area contributed by atoms with E-state index in [1.54, 1.807) is 12.1 Å². The van der Waals surface area contributed by atoms with Crippen LogP contribution in [0.15, 0.2) is 24.3 Å². The van der Waals surface area contributed by atoms with Gasteiger partial charge in [-0.2, -0.15) is 0 Å². The Kier molecular flexibility index (Phi) is 6.10. The van der Waals surface area contributed by atoms with Gasteiger partial charge in [0, 0.05) is 32.6 Å². The third-order valence-corrected chi connectivity index (χ3v) is 3.39. The quantitative estimate of drug-likeness (QED) is 0.832. The van der Waals surface area contributed by atoms with Gasteiger partial charge in [-0.25, -0.2) is 4.39 Å². The third kappa shape index (κ3) is 5.79. The number of β-amino-alcohol motifs (C(OH)–C–C–N with tert-alkyl or cyclic N) is 1. The fraction of sp³-hybridized carbons (Fsp3) is 0.533. The summed E-state index contributed by atoms with van der Waals surface area (Å²) in [5, 5.41) is 12.4. The van der Waals surface area contributed by atoms with Gasteiger partial charge in [0.1, 0.15) is 5.82 Å². The highest BCUT2D eigenvalue weighted by Crippen LogP contribution is 2.03. The molecule has 2 rings (SSSR count). The maximum absolute atomic E-state index is 12.8. The zero-order valence-electron chi connectivity index (χ0n) is 11.9. The maximum Gasteiger partial charge on any atom is 0.221 e. The van der Waals surface area contributed by atoms with Crippen LogP contribution in [0.4, 0.5) is 4.39 Å². The van der Waals surface area contributed by atoms with Crippen LogP contribution < -0.4 is 5.32 Å². The van der Waals surface area contributed by atoms with Gasteiger partial charge >= 0.3 is 0 Å². The van der Waals surface area contributed by atoms with Crippen LogP contribution in [0, 0.1) is 5.82 Å². The highest BCUT2D eigenvalue weighted by molar-refractivity contribution is 5.76. The van der Waals surface area contributed by atoms with Gasteiger partial charge in [0.2, 0.25) is 5.91 Å². The van der Waals surface area contributed by atoms with E-state index >= 15 is 0 Å². The molecule has 1 aliphatic rings. The largest absolute Gasteiger partial charge is 0.389 e. The minimum Gasteiger partial charge on any atom is -0.389 e. The van der Waals surface area contributed by atoms with E-state index in [2.05, 4.69) is 5.32 Å². The van der Waals surface area contributed by atoms with E-state index in [0.717, 1.165) is 12.1 Å². The molecule has 1 heterocycles. The standard InChI is InChI=1S/C15H21FN2O3/c16-13-3-1-12(2-4-13)9-17-15(20)5-6-18-7-8-21-11-14(19)10-18/h1-4,14,19H,5-11H2,(H,17,20)/t14-/m1/s1. The van der Waals surface area contributed by atoms with Crippen molar-refractivity contribution in [3.8, 4) is 0 Å². The number of benzene rings is 1. The van der Waals surface area contributed by atoms with E-state index in [1.807, 2.05) is 4.90 Å². The topological polar surface area (TPSA) is 61.8 Å². The van der Waals surface area contributed by atoms with E-state index < -0.39 is 6.10 Å². The van der Waals surface area contributed by atoms with Crippen LogP contribution >= 0.6 is 0 Å². The molecule has 1 saturated heterocycles. The van der Waals surface area contributed by atoms with Crippen LogP contribution in [0.3, 0.4) is 0 Å². The lowest BCUT2D eigenvalue weighted by molar-refractivity contribution is -0.121. The average molecular weight is 296 g/mol. The van der Waals surface area contributed by atoms with E-state index in [1.165, 1.54) is 12.1 Å². The monoisotopic (exact) mass is 296 g/mol. The number of aliphatic hydroxyl groups excluding tert-OH is 1. The molecule has 0 spiro atoms. The van der Waals surface area contributed by atoms with Crippen LogP contribution in [0.25, 0.3) is 0 Å². The zero-order valence-corrected chi connectivity index (χ0v) is 11.9. The average Bonchev–Trinajstić information content (AvgIpc) is 2.69. The van der Waals surface area contributed by atoms with E-state index in [0.29, 0.717) is 39.3 Å². The second-order valence-electron chi connectivity index (χ2n) is 5.18. The molecule has 6 heteroatoms. The zero-order chi connectivity index (χ0) is 15.1. The Morgan fingerprint density at radius 2 is 2.19 bits per heavy atom. The number of ether oxygens (including phenoxy) is 1. The SMILES string of the molecule is O=C(CCN1CCOC[C@H](O)C1)NCc1ccc(F)cc1. The Morgan fingerprint density at radius 3 is 2.95 bits per heavy atom. The number of amides is 1. The third-order valence-electron chi connectivity index (χ3n) is 3.39. The summed E-state index contributed by atoms with van der Waals surface area (Å²) in [6, 6.07) is 6.05. The molecule has 1 amide bonds. The lowest BCUT2D eigenvalue weighted by atomic mass is 10.2. The normalized spacial score (nSPS) is 20.0. The van der Waals surface area contributed by atoms with Crippen molar-refractivity contribution in [1.82, 2.24) is 10.2 Å². The Hall–Kier alpha value is -1.50. The molecule has 0 unspecified atom stereocenters. The van der Waals surface area contributed by atoms with Crippen LogP contribution in [-0.2, 0) is 16.1 Å². The van der Waals surface area contributed by atoms with Crippen molar-refractivity contribution in [3.05, 3.63) is 35.6 Å². The first-order valence-corrected chi connectivity index (χ1v) is 7.13. The number of hydrogen-bond donors (Lipinski definition) is 2. The molecular weight excluding hydrogens is 275 g/mol. The molecule has 116 valence electrons. The van der Waals surface area contributed by atoms with Crippen molar-refractivity contribution in [3.63, 3.8) is 0 Å². The van der Waals surface area contributed by atoms with Crippen LogP contribution in [0.5, 0.6) is 0 Å². The second-order valence-corrected chi connectivity index (χ2v) is 5.18. The number of aliphatic hydroxyl groups is 1. The van der Waals surface area contributed by atoms with Crippen molar-refractivity contribution < 1.29 is 19.0 Å². The summed E-state index contributed by atoms with van der Waals surface area (Å²) in [5.41, 5.74) is 0.864. The molecule has 5 nitrogen and oxygen atoms in total. The molecule has 1 aromatic rings. The Balaban J connectivity index is 1.68. The maximum atomic E-state index is 12.8. The molecule has 1 aromatic carbocycles. The van der Waals surface area contributed by atoms with Crippen molar-refractivity contribution in [2.45, 2.75) is 19.1 Å². The van der Waals surface area contributed by atoms with Crippen molar-refractivity contribution in [2.75, 3.05) is 32.8 Å². The Morgan fingerprint density at radius 1 is 1.43 bits per heavy atom. The first-order chi connectivity index (χ1) is 10.1. The lowest BCUT2D eigenvalue weighted by Gasteiger charge is -2.20. The molecule has 2 N–H and O–H groups in total. The number of carbonyl (C=O) groups excluding carboxylic acids is 1. The molecule has 0 radical (unpaired) electrons. The van der Waals surface area contributed by atoms with E-state index in [-0.39, 0.29) is 11.7 Å². The Labute approximate surface area is 123 Å². The lowest BCUT2D eigenvalue weighted by Crippen LogP contribution is -2.36. The fourth-order valence-electron chi connectivity index (χ4n) is 2.21. The highest BCUT2D eigenvalue weighted by Gasteiger charge is 2.16. The van der Waals surface area contributed by atoms with Gasteiger partial charge in [0.25, 0.3) is 0 Å². The summed E-state index contributed by atoms with van der Waals surface area (Å²) in [7, 11) is 0. The number of halogens is 1. The highest BCUT2D eigenvalue weighted by atomic mass is 19.1. The molecule has 1 atom stereocenters. The number of rotatable bonds is 5. The van der Waals surface area contributed by atoms with Gasteiger partial charge in [-0.1, -0.05) is 12.1 Å². The van der Waals surface area contributed by atoms with Gasteiger partial charge < -0.3 is 15.2 Å². The number of nitrogens with one attached hydrogen (secondary N) is 1. The van der Waals surface area contributed by atoms with Gasteiger partial charge in [-0.3, -0.25) is 9.69 Å². The fourth-order valence-corrected chi connectivity index (χ4v) is 2.21. The smallest absolute Gasteiger partial charge is 0.221 e. The van der Waals surface area contributed by atoms with Gasteiger partial charge in [0.15, 0.2) is 0 Å². The summed E-state index contributed by atoms with van der Waals surface area (Å²) >= 11 is 0. The summed E-state index contributed by atoms with van der Waals surface area (Å²) in [4.78, 5) is 13.8. The first kappa shape index (κ1) is 15.9. The minimum atomic E-state index is -0.491. The number of nitrogens with zero attached hydrogens (tertiary/aromatic N) is 1. The molecule has 0 bridgehead atoms. The van der Waals surface area contributed by atoms with E-state index in [9.17, 15) is 14.3 Å². The van der Waals surface area contributed by atoms with E-state index in [4.69, 9.17) is 4.74 Å². The van der Waals surface area contributed by atoms with Crippen LogP contribution in [0.2, 0.25) is 0 Å². The van der Waals surface area contributed by atoms with Crippen molar-refractivity contribution in [2.24, 2.45) is 0 Å². The molecular formula is C15H21FN2O3. The molecule has 1 aliphatic heterocycles. The summed E-state index contributed by atoms with van der Waals surface area (Å²) < 4.78 is 18.0. The minimum absolute atomic E-state index is 0.0565. The van der Waals surface area contributed by atoms with Crippen LogP contribution in [-0.4, -0.2) is 54.9 Å². The van der Waals surface area contributed by atoms with Gasteiger partial charge in [-0.05, 0) is 17.7 Å². The van der Waals surface area contributed by atoms with Crippen molar-refractivity contribution in [1.29, 1.82) is 0 Å². The molecule has 21 heavy (non-hydrogen) atoms. The molecule has 1 fully saturated rings. The molecule has 0 saturated carbocycles. The number of hydrogen-bond acceptors (Lipinski definition) is 4. The molecule has 0 aromatic heterocycles. The first-order valence-electron chi connectivity index (χ1n) is 7.13. The second kappa shape index (κ2) is 8.07. The predicted octanol–water partition coefficient (Wildman–Crippen LogP) is 0.525. The predicted molar refractivity (Wildman–Crippen MR) is 76.1 cm³/mol. The van der Waals surface area contributed by atoms with Gasteiger partial charge in [-0.15, -0.1) is 0 Å².